The Morgan fingerprint density at radius 3 is 2.75 bits per heavy atom. The minimum atomic E-state index is -4.51. The van der Waals surface area contributed by atoms with Gasteiger partial charge in [0.1, 0.15) is 0 Å². The quantitative estimate of drug-likeness (QED) is 0.747. The van der Waals surface area contributed by atoms with Gasteiger partial charge >= 0.3 is 6.18 Å². The van der Waals surface area contributed by atoms with Crippen molar-refractivity contribution in [2.24, 2.45) is 5.92 Å². The molecule has 10 heteroatoms. The van der Waals surface area contributed by atoms with E-state index in [-0.39, 0.29) is 24.6 Å². The molecule has 0 unspecified atom stereocenters. The van der Waals surface area contributed by atoms with Crippen molar-refractivity contribution in [2.75, 3.05) is 16.8 Å². The van der Waals surface area contributed by atoms with Crippen LogP contribution in [0.3, 0.4) is 0 Å². The number of carbonyl (C=O) groups is 2. The van der Waals surface area contributed by atoms with Crippen molar-refractivity contribution in [3.05, 3.63) is 54.2 Å². The highest BCUT2D eigenvalue weighted by Gasteiger charge is 2.37. The molecule has 0 saturated carbocycles. The van der Waals surface area contributed by atoms with Crippen LogP contribution < -0.4 is 10.2 Å². The molecular weight excluding hydrogens is 375 g/mol. The number of hydrogen-bond donors (Lipinski definition) is 1. The molecule has 3 heterocycles. The van der Waals surface area contributed by atoms with Gasteiger partial charge in [-0.15, -0.1) is 10.2 Å². The first-order valence-corrected chi connectivity index (χ1v) is 8.41. The number of nitrogens with one attached hydrogen (secondary N) is 1. The van der Waals surface area contributed by atoms with E-state index in [9.17, 15) is 22.8 Å². The zero-order valence-electron chi connectivity index (χ0n) is 14.3. The van der Waals surface area contributed by atoms with Gasteiger partial charge in [-0.3, -0.25) is 19.3 Å². The summed E-state index contributed by atoms with van der Waals surface area (Å²) in [5.41, 5.74) is -0.186. The maximum Gasteiger partial charge on any atom is 0.416 e. The minimum absolute atomic E-state index is 0.0112. The first-order valence-electron chi connectivity index (χ1n) is 8.41. The Kier molecular flexibility index (Phi) is 4.25. The van der Waals surface area contributed by atoms with Crippen LogP contribution in [0.15, 0.2) is 48.7 Å². The molecule has 1 fully saturated rings. The molecule has 1 saturated heterocycles. The molecule has 28 heavy (non-hydrogen) atoms. The lowest BCUT2D eigenvalue weighted by atomic mass is 10.1. The summed E-state index contributed by atoms with van der Waals surface area (Å²) in [6.07, 6.45) is -2.93. The van der Waals surface area contributed by atoms with Gasteiger partial charge in [-0.05, 0) is 30.3 Å². The third kappa shape index (κ3) is 3.28. The Balaban J connectivity index is 1.51. The molecule has 1 N–H and O–H groups in total. The summed E-state index contributed by atoms with van der Waals surface area (Å²) in [5, 5.41) is 10.4. The highest BCUT2D eigenvalue weighted by molar-refractivity contribution is 6.03. The van der Waals surface area contributed by atoms with E-state index >= 15 is 0 Å². The monoisotopic (exact) mass is 389 g/mol. The zero-order valence-corrected chi connectivity index (χ0v) is 14.3. The minimum Gasteiger partial charge on any atom is -0.312 e. The number of aromatic nitrogens is 3. The van der Waals surface area contributed by atoms with E-state index in [4.69, 9.17) is 0 Å². The van der Waals surface area contributed by atoms with Gasteiger partial charge in [0.05, 0.1) is 11.5 Å². The summed E-state index contributed by atoms with van der Waals surface area (Å²) in [4.78, 5) is 26.0. The smallest absolute Gasteiger partial charge is 0.312 e. The van der Waals surface area contributed by atoms with Crippen LogP contribution in [-0.4, -0.2) is 33.0 Å². The molecule has 1 aromatic carbocycles. The van der Waals surface area contributed by atoms with Gasteiger partial charge < -0.3 is 4.90 Å². The van der Waals surface area contributed by atoms with Crippen molar-refractivity contribution >= 4 is 29.1 Å². The first kappa shape index (κ1) is 18.0. The van der Waals surface area contributed by atoms with Crippen molar-refractivity contribution in [2.45, 2.75) is 12.6 Å². The molecule has 0 spiro atoms. The van der Waals surface area contributed by atoms with E-state index in [0.29, 0.717) is 5.65 Å². The van der Waals surface area contributed by atoms with E-state index in [2.05, 4.69) is 15.5 Å². The van der Waals surface area contributed by atoms with E-state index in [1.807, 2.05) is 0 Å². The van der Waals surface area contributed by atoms with Gasteiger partial charge in [0.2, 0.25) is 17.8 Å². The number of alkyl halides is 3. The standard InChI is InChI=1S/C18H14F3N5O2/c19-18(20,21)12-4-3-5-13(9-12)26-10-11(8-15(26)27)16(28)22-17-24-23-14-6-1-2-7-25(14)17/h1-7,9,11H,8,10H2,(H,22,24,28)/t11-/m1/s1. The number of halogens is 3. The van der Waals surface area contributed by atoms with E-state index in [1.54, 1.807) is 28.8 Å². The fourth-order valence-electron chi connectivity index (χ4n) is 3.12. The van der Waals surface area contributed by atoms with Crippen LogP contribution in [0.5, 0.6) is 0 Å². The summed E-state index contributed by atoms with van der Waals surface area (Å²) >= 11 is 0. The molecule has 144 valence electrons. The molecule has 1 atom stereocenters. The van der Waals surface area contributed by atoms with Crippen molar-refractivity contribution in [3.8, 4) is 0 Å². The maximum absolute atomic E-state index is 12.9. The van der Waals surface area contributed by atoms with E-state index in [1.165, 1.54) is 17.0 Å². The summed E-state index contributed by atoms with van der Waals surface area (Å²) in [7, 11) is 0. The van der Waals surface area contributed by atoms with Crippen LogP contribution >= 0.6 is 0 Å². The summed E-state index contributed by atoms with van der Waals surface area (Å²) in [6.45, 7) is -0.0112. The molecule has 3 aromatic rings. The van der Waals surface area contributed by atoms with Gasteiger partial charge in [-0.25, -0.2) is 0 Å². The third-order valence-corrected chi connectivity index (χ3v) is 4.53. The molecule has 7 nitrogen and oxygen atoms in total. The fraction of sp³-hybridized carbons (Fsp3) is 0.222. The number of hydrogen-bond acceptors (Lipinski definition) is 4. The second-order valence-electron chi connectivity index (χ2n) is 6.40. The van der Waals surface area contributed by atoms with Gasteiger partial charge in [0.15, 0.2) is 5.65 Å². The maximum atomic E-state index is 12.9. The Labute approximate surface area is 156 Å². The number of amides is 2. The molecule has 2 aromatic heterocycles. The normalized spacial score (nSPS) is 17.3. The number of nitrogens with zero attached hydrogens (tertiary/aromatic N) is 4. The van der Waals surface area contributed by atoms with Gasteiger partial charge in [-0.2, -0.15) is 13.2 Å². The van der Waals surface area contributed by atoms with Crippen molar-refractivity contribution in [1.29, 1.82) is 0 Å². The van der Waals surface area contributed by atoms with E-state index in [0.717, 1.165) is 12.1 Å². The average molecular weight is 389 g/mol. The second kappa shape index (κ2) is 6.63. The fourth-order valence-corrected chi connectivity index (χ4v) is 3.12. The van der Waals surface area contributed by atoms with Crippen LogP contribution in [0.25, 0.3) is 5.65 Å². The Morgan fingerprint density at radius 2 is 1.96 bits per heavy atom. The summed E-state index contributed by atoms with van der Waals surface area (Å²) in [6, 6.07) is 9.74. The predicted molar refractivity (Wildman–Crippen MR) is 93.5 cm³/mol. The summed E-state index contributed by atoms with van der Waals surface area (Å²) in [5.74, 6) is -1.35. The predicted octanol–water partition coefficient (Wildman–Crippen LogP) is 2.74. The van der Waals surface area contributed by atoms with Crippen LogP contribution in [0.4, 0.5) is 24.8 Å². The Morgan fingerprint density at radius 1 is 1.14 bits per heavy atom. The molecule has 1 aliphatic heterocycles. The number of rotatable bonds is 3. The van der Waals surface area contributed by atoms with E-state index < -0.39 is 29.5 Å². The Hall–Kier alpha value is -3.43. The largest absolute Gasteiger partial charge is 0.416 e. The SMILES string of the molecule is O=C(Nc1nnc2ccccn12)[C@@H]1CC(=O)N(c2cccc(C(F)(F)F)c2)C1. The highest BCUT2D eigenvalue weighted by atomic mass is 19.4. The van der Waals surface area contributed by atoms with Gasteiger partial charge in [0.25, 0.3) is 0 Å². The number of anilines is 2. The second-order valence-corrected chi connectivity index (χ2v) is 6.40. The van der Waals surface area contributed by atoms with Crippen molar-refractivity contribution in [1.82, 2.24) is 14.6 Å². The summed E-state index contributed by atoms with van der Waals surface area (Å²) < 4.78 is 40.3. The van der Waals surface area contributed by atoms with Gasteiger partial charge in [0, 0.05) is 24.8 Å². The van der Waals surface area contributed by atoms with Crippen LogP contribution in [0, 0.1) is 5.92 Å². The number of carbonyl (C=O) groups excluding carboxylic acids is 2. The molecular formula is C18H14F3N5O2. The third-order valence-electron chi connectivity index (χ3n) is 4.53. The lowest BCUT2D eigenvalue weighted by Gasteiger charge is -2.18. The lowest BCUT2D eigenvalue weighted by Crippen LogP contribution is -2.28. The van der Waals surface area contributed by atoms with Crippen molar-refractivity contribution in [3.63, 3.8) is 0 Å². The van der Waals surface area contributed by atoms with Crippen LogP contribution in [-0.2, 0) is 15.8 Å². The molecule has 4 rings (SSSR count). The molecule has 0 aliphatic carbocycles. The lowest BCUT2D eigenvalue weighted by molar-refractivity contribution is -0.137. The first-order chi connectivity index (χ1) is 13.3. The van der Waals surface area contributed by atoms with Crippen LogP contribution in [0.1, 0.15) is 12.0 Å². The Bertz CT molecular complexity index is 1060. The number of benzene rings is 1. The topological polar surface area (TPSA) is 79.6 Å². The molecule has 2 amide bonds. The molecule has 0 radical (unpaired) electrons. The zero-order chi connectivity index (χ0) is 19.9. The number of fused-ring (bicyclic) bond motifs is 1. The number of pyridine rings is 1. The molecule has 0 bridgehead atoms. The van der Waals surface area contributed by atoms with Crippen molar-refractivity contribution < 1.29 is 22.8 Å². The molecule has 1 aliphatic rings. The average Bonchev–Trinajstić information content (AvgIpc) is 3.25. The highest BCUT2D eigenvalue weighted by Crippen LogP contribution is 2.33. The van der Waals surface area contributed by atoms with Gasteiger partial charge in [-0.1, -0.05) is 12.1 Å². The van der Waals surface area contributed by atoms with Crippen LogP contribution in [0.2, 0.25) is 0 Å².